The van der Waals surface area contributed by atoms with E-state index in [2.05, 4.69) is 26.0 Å². The zero-order valence-electron chi connectivity index (χ0n) is 11.7. The summed E-state index contributed by atoms with van der Waals surface area (Å²) in [5.41, 5.74) is 5.51. The molecule has 1 atom stereocenters. The first kappa shape index (κ1) is 16.2. The summed E-state index contributed by atoms with van der Waals surface area (Å²) in [6, 6.07) is 0. The molecule has 0 saturated heterocycles. The van der Waals surface area contributed by atoms with Crippen LogP contribution >= 0.6 is 0 Å². The second-order valence-corrected chi connectivity index (χ2v) is 4.48. The van der Waals surface area contributed by atoms with Crippen LogP contribution in [0.5, 0.6) is 0 Å². The Balaban J connectivity index is 3.99. The van der Waals surface area contributed by atoms with Crippen LogP contribution in [0.15, 0.2) is 24.5 Å². The van der Waals surface area contributed by atoms with E-state index >= 15 is 0 Å². The second kappa shape index (κ2) is 10.4. The van der Waals surface area contributed by atoms with Gasteiger partial charge in [0, 0.05) is 6.42 Å². The number of hydrogen-bond donors (Lipinski definition) is 1. The first-order chi connectivity index (χ1) is 8.18. The summed E-state index contributed by atoms with van der Waals surface area (Å²) in [5.74, 6) is 0. The van der Waals surface area contributed by atoms with E-state index in [0.29, 0.717) is 0 Å². The molecule has 0 saturated carbocycles. The van der Waals surface area contributed by atoms with Crippen LogP contribution in [0.1, 0.15) is 65.7 Å². The van der Waals surface area contributed by atoms with Crippen molar-refractivity contribution in [1.82, 2.24) is 0 Å². The van der Waals surface area contributed by atoms with Crippen molar-refractivity contribution in [2.24, 2.45) is 5.73 Å². The van der Waals surface area contributed by atoms with Gasteiger partial charge in [-0.1, -0.05) is 46.1 Å². The minimum Gasteiger partial charge on any atom is -0.477 e. The van der Waals surface area contributed by atoms with E-state index in [9.17, 15) is 0 Å². The van der Waals surface area contributed by atoms with Crippen LogP contribution in [0.4, 0.5) is 0 Å². The molecule has 2 nitrogen and oxygen atoms in total. The maximum Gasteiger partial charge on any atom is 0.176 e. The Kier molecular flexibility index (Phi) is 9.93. The van der Waals surface area contributed by atoms with E-state index in [1.807, 2.05) is 13.0 Å². The van der Waals surface area contributed by atoms with Crippen LogP contribution in [0.2, 0.25) is 0 Å². The molecule has 0 aromatic heterocycles. The normalized spacial score (nSPS) is 15.5. The van der Waals surface area contributed by atoms with E-state index in [-0.39, 0.29) is 0 Å². The van der Waals surface area contributed by atoms with Gasteiger partial charge in [0.15, 0.2) is 5.72 Å². The van der Waals surface area contributed by atoms with Crippen molar-refractivity contribution in [3.05, 3.63) is 24.5 Å². The Labute approximate surface area is 107 Å². The highest BCUT2D eigenvalue weighted by molar-refractivity contribution is 4.99. The Morgan fingerprint density at radius 1 is 1.00 bits per heavy atom. The predicted octanol–water partition coefficient (Wildman–Crippen LogP) is 4.52. The minimum absolute atomic E-state index is 0.629. The lowest BCUT2D eigenvalue weighted by Crippen LogP contribution is -2.38. The number of allylic oxidation sites excluding steroid dienone is 2. The highest BCUT2D eigenvalue weighted by atomic mass is 16.5. The van der Waals surface area contributed by atoms with Gasteiger partial charge in [-0.2, -0.15) is 0 Å². The quantitative estimate of drug-likeness (QED) is 0.263. The van der Waals surface area contributed by atoms with Crippen molar-refractivity contribution in [3.63, 3.8) is 0 Å². The molecular formula is C15H29NO. The fraction of sp³-hybridized carbons (Fsp3) is 0.733. The zero-order valence-corrected chi connectivity index (χ0v) is 11.7. The largest absolute Gasteiger partial charge is 0.477 e. The summed E-state index contributed by atoms with van der Waals surface area (Å²) in [4.78, 5) is 0. The van der Waals surface area contributed by atoms with Gasteiger partial charge >= 0.3 is 0 Å². The van der Waals surface area contributed by atoms with E-state index in [1.54, 1.807) is 6.26 Å². The molecule has 0 fully saturated rings. The molecule has 0 bridgehead atoms. The summed E-state index contributed by atoms with van der Waals surface area (Å²) in [7, 11) is 0. The summed E-state index contributed by atoms with van der Waals surface area (Å²) >= 11 is 0. The van der Waals surface area contributed by atoms with Crippen molar-refractivity contribution in [2.45, 2.75) is 71.4 Å². The van der Waals surface area contributed by atoms with E-state index < -0.39 is 5.72 Å². The lowest BCUT2D eigenvalue weighted by Gasteiger charge is -2.23. The fourth-order valence-corrected chi connectivity index (χ4v) is 1.41. The van der Waals surface area contributed by atoms with Crippen molar-refractivity contribution in [2.75, 3.05) is 0 Å². The Morgan fingerprint density at radius 2 is 1.59 bits per heavy atom. The third-order valence-electron chi connectivity index (χ3n) is 2.78. The molecule has 0 aliphatic carbocycles. The summed E-state index contributed by atoms with van der Waals surface area (Å²) in [6.07, 6.45) is 15.7. The zero-order chi connectivity index (χ0) is 13.0. The molecule has 0 aromatic rings. The minimum atomic E-state index is -0.629. The van der Waals surface area contributed by atoms with E-state index in [0.717, 1.165) is 19.3 Å². The van der Waals surface area contributed by atoms with Crippen LogP contribution < -0.4 is 5.73 Å². The highest BCUT2D eigenvalue weighted by Gasteiger charge is 2.18. The van der Waals surface area contributed by atoms with Crippen molar-refractivity contribution < 1.29 is 4.74 Å². The molecule has 0 spiro atoms. The number of ether oxygens (including phenoxy) is 1. The molecular weight excluding hydrogens is 210 g/mol. The van der Waals surface area contributed by atoms with Gasteiger partial charge in [0.2, 0.25) is 0 Å². The first-order valence-corrected chi connectivity index (χ1v) is 6.98. The molecule has 0 amide bonds. The molecule has 0 radical (unpaired) electrons. The predicted molar refractivity (Wildman–Crippen MR) is 75.6 cm³/mol. The number of unbranched alkanes of at least 4 members (excludes halogenated alkanes) is 4. The Hall–Kier alpha value is -0.760. The average Bonchev–Trinajstić information content (AvgIpc) is 2.34. The maximum atomic E-state index is 6.13. The topological polar surface area (TPSA) is 35.2 Å². The second-order valence-electron chi connectivity index (χ2n) is 4.48. The monoisotopic (exact) mass is 239 g/mol. The molecule has 1 unspecified atom stereocenters. The summed E-state index contributed by atoms with van der Waals surface area (Å²) in [5, 5.41) is 0. The molecule has 0 aliphatic rings. The van der Waals surface area contributed by atoms with Gasteiger partial charge in [-0.25, -0.2) is 0 Å². The summed E-state index contributed by atoms with van der Waals surface area (Å²) in [6.45, 7) is 6.42. The lowest BCUT2D eigenvalue weighted by molar-refractivity contribution is 0.0698. The van der Waals surface area contributed by atoms with Gasteiger partial charge in [-0.15, -0.1) is 0 Å². The maximum absolute atomic E-state index is 6.13. The van der Waals surface area contributed by atoms with Crippen molar-refractivity contribution in [3.8, 4) is 0 Å². The first-order valence-electron chi connectivity index (χ1n) is 6.98. The fourth-order valence-electron chi connectivity index (χ4n) is 1.41. The molecule has 0 aliphatic heterocycles. The van der Waals surface area contributed by atoms with Crippen LogP contribution in [-0.4, -0.2) is 5.72 Å². The average molecular weight is 239 g/mol. The van der Waals surface area contributed by atoms with E-state index in [4.69, 9.17) is 10.5 Å². The van der Waals surface area contributed by atoms with Gasteiger partial charge in [-0.3, -0.25) is 5.73 Å². The lowest BCUT2D eigenvalue weighted by atomic mass is 10.1. The molecule has 2 N–H and O–H groups in total. The molecule has 0 aromatic carbocycles. The van der Waals surface area contributed by atoms with Gasteiger partial charge in [0.05, 0.1) is 6.26 Å². The molecule has 0 rings (SSSR count). The van der Waals surface area contributed by atoms with Crippen LogP contribution in [0.3, 0.4) is 0 Å². The number of rotatable bonds is 10. The number of hydrogen-bond acceptors (Lipinski definition) is 2. The third kappa shape index (κ3) is 8.99. The van der Waals surface area contributed by atoms with Crippen molar-refractivity contribution in [1.29, 1.82) is 0 Å². The van der Waals surface area contributed by atoms with Crippen LogP contribution in [-0.2, 0) is 4.74 Å². The smallest absolute Gasteiger partial charge is 0.176 e. The molecule has 100 valence electrons. The summed E-state index contributed by atoms with van der Waals surface area (Å²) < 4.78 is 5.62. The van der Waals surface area contributed by atoms with Crippen molar-refractivity contribution >= 4 is 0 Å². The van der Waals surface area contributed by atoms with Crippen LogP contribution in [0, 0.1) is 0 Å². The number of nitrogens with two attached hydrogens (primary N) is 1. The highest BCUT2D eigenvalue weighted by Crippen LogP contribution is 2.12. The van der Waals surface area contributed by atoms with Crippen LogP contribution in [0.25, 0.3) is 0 Å². The Morgan fingerprint density at radius 3 is 2.12 bits per heavy atom. The molecule has 0 heterocycles. The third-order valence-corrected chi connectivity index (χ3v) is 2.78. The van der Waals surface area contributed by atoms with Gasteiger partial charge in [0.25, 0.3) is 0 Å². The standard InChI is InChI=1S/C15H29NO/c1-4-7-9-11-13-15(16,6-3)17-14-12-10-8-5-2/h11-14H,4-10,16H2,1-3H3/b13-11+,14-12+. The molecule has 2 heteroatoms. The van der Waals surface area contributed by atoms with Gasteiger partial charge < -0.3 is 4.74 Å². The molecule has 17 heavy (non-hydrogen) atoms. The Bertz CT molecular complexity index is 223. The SMILES string of the molecule is CCCC/C=C/OC(N)(/C=C/CCCC)CC. The van der Waals surface area contributed by atoms with Gasteiger partial charge in [0.1, 0.15) is 0 Å². The van der Waals surface area contributed by atoms with Gasteiger partial charge in [-0.05, 0) is 31.4 Å². The van der Waals surface area contributed by atoms with E-state index in [1.165, 1.54) is 25.7 Å².